The predicted molar refractivity (Wildman–Crippen MR) is 67.9 cm³/mol. The van der Waals surface area contributed by atoms with Crippen LogP contribution in [0.3, 0.4) is 0 Å². The van der Waals surface area contributed by atoms with Gasteiger partial charge < -0.3 is 10.5 Å². The molecular formula is C13H14N2OS. The number of ether oxygens (including phenoxy) is 1. The van der Waals surface area contributed by atoms with E-state index in [9.17, 15) is 0 Å². The summed E-state index contributed by atoms with van der Waals surface area (Å²) in [5, 5.41) is 0.992. The summed E-state index contributed by atoms with van der Waals surface area (Å²) in [5.74, 6) is 0. The molecule has 2 N–H and O–H groups in total. The Morgan fingerprint density at radius 2 is 2.12 bits per heavy atom. The Bertz CT molecular complexity index is 486. The number of nitrogens with zero attached hydrogens (tertiary/aromatic N) is 1. The molecule has 0 aliphatic carbocycles. The van der Waals surface area contributed by atoms with E-state index in [4.69, 9.17) is 10.5 Å². The van der Waals surface area contributed by atoms with Crippen LogP contribution in [0.4, 0.5) is 0 Å². The standard InChI is InChI=1S/C13H14N2OS/c14-12(9-4-2-1-3-5-9)13-15-10-6-7-16-8-11(10)17-13/h1-5,12H,6-8,14H2. The van der Waals surface area contributed by atoms with Gasteiger partial charge in [-0.3, -0.25) is 0 Å². The smallest absolute Gasteiger partial charge is 0.115 e. The number of hydrogen-bond donors (Lipinski definition) is 1. The highest BCUT2D eigenvalue weighted by Crippen LogP contribution is 2.29. The predicted octanol–water partition coefficient (Wildman–Crippen LogP) is 2.26. The zero-order valence-corrected chi connectivity index (χ0v) is 10.2. The second kappa shape index (κ2) is 4.56. The van der Waals surface area contributed by atoms with E-state index in [1.807, 2.05) is 30.3 Å². The fraction of sp³-hybridized carbons (Fsp3) is 0.308. The Kier molecular flexibility index (Phi) is 2.93. The number of fused-ring (bicyclic) bond motifs is 1. The van der Waals surface area contributed by atoms with Gasteiger partial charge in [0.2, 0.25) is 0 Å². The van der Waals surface area contributed by atoms with E-state index in [2.05, 4.69) is 4.98 Å². The van der Waals surface area contributed by atoms with Gasteiger partial charge in [-0.15, -0.1) is 11.3 Å². The van der Waals surface area contributed by atoms with Crippen LogP contribution in [0.5, 0.6) is 0 Å². The first kappa shape index (κ1) is 10.9. The van der Waals surface area contributed by atoms with Crippen LogP contribution >= 0.6 is 11.3 Å². The van der Waals surface area contributed by atoms with Crippen molar-refractivity contribution < 1.29 is 4.74 Å². The van der Waals surface area contributed by atoms with Gasteiger partial charge in [0.05, 0.1) is 29.8 Å². The zero-order valence-electron chi connectivity index (χ0n) is 9.43. The molecular weight excluding hydrogens is 232 g/mol. The molecule has 0 fully saturated rings. The van der Waals surface area contributed by atoms with E-state index in [0.29, 0.717) is 6.61 Å². The summed E-state index contributed by atoms with van der Waals surface area (Å²) in [6, 6.07) is 9.98. The first-order valence-electron chi connectivity index (χ1n) is 5.71. The quantitative estimate of drug-likeness (QED) is 0.884. The van der Waals surface area contributed by atoms with Gasteiger partial charge in [0.1, 0.15) is 5.01 Å². The molecule has 88 valence electrons. The zero-order chi connectivity index (χ0) is 11.7. The maximum atomic E-state index is 6.24. The normalized spacial score (nSPS) is 16.5. The molecule has 1 aliphatic heterocycles. The second-order valence-corrected chi connectivity index (χ2v) is 5.23. The summed E-state index contributed by atoms with van der Waals surface area (Å²) < 4.78 is 5.42. The van der Waals surface area contributed by atoms with Crippen LogP contribution in [0.25, 0.3) is 0 Å². The van der Waals surface area contributed by atoms with Crippen molar-refractivity contribution in [1.29, 1.82) is 0 Å². The Labute approximate surface area is 104 Å². The number of aromatic nitrogens is 1. The molecule has 1 unspecified atom stereocenters. The third kappa shape index (κ3) is 2.11. The van der Waals surface area contributed by atoms with Gasteiger partial charge in [-0.2, -0.15) is 0 Å². The SMILES string of the molecule is NC(c1ccccc1)c1nc2c(s1)COCC2. The molecule has 1 atom stereocenters. The van der Waals surface area contributed by atoms with E-state index in [-0.39, 0.29) is 6.04 Å². The molecule has 3 rings (SSSR count). The van der Waals surface area contributed by atoms with Crippen molar-refractivity contribution in [1.82, 2.24) is 4.98 Å². The van der Waals surface area contributed by atoms with Gasteiger partial charge in [0.25, 0.3) is 0 Å². The third-order valence-electron chi connectivity index (χ3n) is 2.94. The van der Waals surface area contributed by atoms with Crippen molar-refractivity contribution in [2.45, 2.75) is 19.1 Å². The van der Waals surface area contributed by atoms with Crippen LogP contribution in [0, 0.1) is 0 Å². The van der Waals surface area contributed by atoms with Gasteiger partial charge in [-0.1, -0.05) is 30.3 Å². The fourth-order valence-corrected chi connectivity index (χ4v) is 3.06. The molecule has 4 heteroatoms. The van der Waals surface area contributed by atoms with Gasteiger partial charge >= 0.3 is 0 Å². The number of rotatable bonds is 2. The van der Waals surface area contributed by atoms with Crippen molar-refractivity contribution in [3.8, 4) is 0 Å². The fourth-order valence-electron chi connectivity index (χ4n) is 1.98. The van der Waals surface area contributed by atoms with E-state index in [1.165, 1.54) is 10.6 Å². The minimum atomic E-state index is -0.119. The Balaban J connectivity index is 1.91. The topological polar surface area (TPSA) is 48.1 Å². The molecule has 2 aromatic rings. The van der Waals surface area contributed by atoms with E-state index < -0.39 is 0 Å². The summed E-state index contributed by atoms with van der Waals surface area (Å²) in [6.07, 6.45) is 0.910. The molecule has 0 saturated carbocycles. The van der Waals surface area contributed by atoms with E-state index >= 15 is 0 Å². The average molecular weight is 246 g/mol. The maximum Gasteiger partial charge on any atom is 0.115 e. The molecule has 1 aliphatic rings. The van der Waals surface area contributed by atoms with Crippen molar-refractivity contribution in [3.05, 3.63) is 51.5 Å². The van der Waals surface area contributed by atoms with Crippen LogP contribution in [-0.2, 0) is 17.8 Å². The van der Waals surface area contributed by atoms with Gasteiger partial charge in [-0.05, 0) is 5.56 Å². The molecule has 0 amide bonds. The first-order valence-corrected chi connectivity index (χ1v) is 6.53. The van der Waals surface area contributed by atoms with Crippen molar-refractivity contribution >= 4 is 11.3 Å². The average Bonchev–Trinajstić information content (AvgIpc) is 2.82. The molecule has 17 heavy (non-hydrogen) atoms. The number of hydrogen-bond acceptors (Lipinski definition) is 4. The minimum absolute atomic E-state index is 0.119. The Morgan fingerprint density at radius 1 is 1.29 bits per heavy atom. The largest absolute Gasteiger partial charge is 0.375 e. The maximum absolute atomic E-state index is 6.24. The summed E-state index contributed by atoms with van der Waals surface area (Å²) >= 11 is 1.68. The molecule has 0 bridgehead atoms. The van der Waals surface area contributed by atoms with Crippen molar-refractivity contribution in [3.63, 3.8) is 0 Å². The van der Waals surface area contributed by atoms with E-state index in [0.717, 1.165) is 23.6 Å². The summed E-state index contributed by atoms with van der Waals surface area (Å²) in [7, 11) is 0. The Morgan fingerprint density at radius 3 is 2.88 bits per heavy atom. The third-order valence-corrected chi connectivity index (χ3v) is 4.09. The summed E-state index contributed by atoms with van der Waals surface area (Å²) in [6.45, 7) is 1.46. The highest BCUT2D eigenvalue weighted by atomic mass is 32.1. The van der Waals surface area contributed by atoms with Crippen molar-refractivity contribution in [2.24, 2.45) is 5.73 Å². The van der Waals surface area contributed by atoms with E-state index in [1.54, 1.807) is 11.3 Å². The summed E-state index contributed by atoms with van der Waals surface area (Å²) in [4.78, 5) is 5.87. The van der Waals surface area contributed by atoms with Crippen LogP contribution in [0.1, 0.15) is 27.2 Å². The second-order valence-electron chi connectivity index (χ2n) is 4.11. The van der Waals surface area contributed by atoms with Gasteiger partial charge in [-0.25, -0.2) is 4.98 Å². The molecule has 2 heterocycles. The van der Waals surface area contributed by atoms with Gasteiger partial charge in [0, 0.05) is 6.42 Å². The molecule has 0 saturated heterocycles. The van der Waals surface area contributed by atoms with Crippen LogP contribution < -0.4 is 5.73 Å². The van der Waals surface area contributed by atoms with Crippen LogP contribution in [0.2, 0.25) is 0 Å². The lowest BCUT2D eigenvalue weighted by Crippen LogP contribution is -2.11. The highest BCUT2D eigenvalue weighted by Gasteiger charge is 2.19. The summed E-state index contributed by atoms with van der Waals surface area (Å²) in [5.41, 5.74) is 8.52. The minimum Gasteiger partial charge on any atom is -0.375 e. The lowest BCUT2D eigenvalue weighted by molar-refractivity contribution is 0.112. The molecule has 1 aromatic heterocycles. The monoisotopic (exact) mass is 246 g/mol. The number of thiazole rings is 1. The molecule has 1 aromatic carbocycles. The first-order chi connectivity index (χ1) is 8.34. The Hall–Kier alpha value is -1.23. The van der Waals surface area contributed by atoms with Crippen LogP contribution in [0.15, 0.2) is 30.3 Å². The lowest BCUT2D eigenvalue weighted by atomic mass is 10.1. The highest BCUT2D eigenvalue weighted by molar-refractivity contribution is 7.11. The number of nitrogens with two attached hydrogens (primary N) is 1. The van der Waals surface area contributed by atoms with Crippen LogP contribution in [-0.4, -0.2) is 11.6 Å². The van der Waals surface area contributed by atoms with Gasteiger partial charge in [0.15, 0.2) is 0 Å². The number of benzene rings is 1. The molecule has 0 radical (unpaired) electrons. The molecule has 0 spiro atoms. The lowest BCUT2D eigenvalue weighted by Gasteiger charge is -2.08. The molecule has 3 nitrogen and oxygen atoms in total. The van der Waals surface area contributed by atoms with Crippen molar-refractivity contribution in [2.75, 3.05) is 6.61 Å².